The summed E-state index contributed by atoms with van der Waals surface area (Å²) in [5.74, 6) is -0.176. The Labute approximate surface area is 107 Å². The largest absolute Gasteiger partial charge is 0.313 e. The number of aromatic nitrogens is 1. The summed E-state index contributed by atoms with van der Waals surface area (Å²) >= 11 is 0. The second-order valence-electron chi connectivity index (χ2n) is 4.33. The molecule has 0 atom stereocenters. The maximum Gasteiger partial charge on any atom is 0.126 e. The second kappa shape index (κ2) is 5.74. The molecular formula is C15H17FN2. The van der Waals surface area contributed by atoms with Crippen LogP contribution in [0.1, 0.15) is 18.1 Å². The summed E-state index contributed by atoms with van der Waals surface area (Å²) in [6.07, 6.45) is 3.59. The van der Waals surface area contributed by atoms with Gasteiger partial charge < -0.3 is 5.32 Å². The lowest BCUT2D eigenvalue weighted by molar-refractivity contribution is 0.619. The van der Waals surface area contributed by atoms with Crippen molar-refractivity contribution in [3.8, 4) is 11.1 Å². The van der Waals surface area contributed by atoms with Gasteiger partial charge >= 0.3 is 0 Å². The van der Waals surface area contributed by atoms with Gasteiger partial charge in [-0.05, 0) is 42.3 Å². The first-order valence-electron chi connectivity index (χ1n) is 6.12. The van der Waals surface area contributed by atoms with E-state index in [1.54, 1.807) is 25.3 Å². The molecule has 0 saturated carbocycles. The van der Waals surface area contributed by atoms with Crippen LogP contribution in [0.4, 0.5) is 4.39 Å². The lowest BCUT2D eigenvalue weighted by atomic mass is 10.0. The van der Waals surface area contributed by atoms with E-state index < -0.39 is 0 Å². The molecule has 0 unspecified atom stereocenters. The summed E-state index contributed by atoms with van der Waals surface area (Å²) in [6.45, 7) is 5.53. The van der Waals surface area contributed by atoms with Crippen molar-refractivity contribution in [3.63, 3.8) is 0 Å². The number of pyridine rings is 1. The minimum atomic E-state index is -0.176. The van der Waals surface area contributed by atoms with Gasteiger partial charge in [0.15, 0.2) is 0 Å². The van der Waals surface area contributed by atoms with Crippen LogP contribution < -0.4 is 5.32 Å². The number of rotatable bonds is 4. The Balaban J connectivity index is 2.29. The standard InChI is InChI=1S/C15H17FN2/c1-3-17-8-12-6-14(10-18-9-12)13-5-4-11(2)15(16)7-13/h4-7,9-10,17H,3,8H2,1-2H3. The van der Waals surface area contributed by atoms with Gasteiger partial charge in [0, 0.05) is 24.5 Å². The van der Waals surface area contributed by atoms with Crippen LogP contribution in [-0.2, 0) is 6.54 Å². The van der Waals surface area contributed by atoms with Crippen LogP contribution in [0.25, 0.3) is 11.1 Å². The molecular weight excluding hydrogens is 227 g/mol. The first kappa shape index (κ1) is 12.7. The number of nitrogens with zero attached hydrogens (tertiary/aromatic N) is 1. The normalized spacial score (nSPS) is 10.6. The average Bonchev–Trinajstić information content (AvgIpc) is 2.40. The van der Waals surface area contributed by atoms with Gasteiger partial charge in [-0.3, -0.25) is 4.98 Å². The molecule has 1 heterocycles. The monoisotopic (exact) mass is 244 g/mol. The van der Waals surface area contributed by atoms with Crippen molar-refractivity contribution in [2.45, 2.75) is 20.4 Å². The van der Waals surface area contributed by atoms with Gasteiger partial charge in [0.2, 0.25) is 0 Å². The molecule has 2 rings (SSSR count). The summed E-state index contributed by atoms with van der Waals surface area (Å²) in [5, 5.41) is 3.25. The van der Waals surface area contributed by atoms with Crippen molar-refractivity contribution in [3.05, 3.63) is 53.6 Å². The Bertz CT molecular complexity index is 538. The van der Waals surface area contributed by atoms with E-state index in [1.807, 2.05) is 18.3 Å². The molecule has 0 spiro atoms. The lowest BCUT2D eigenvalue weighted by Crippen LogP contribution is -2.11. The van der Waals surface area contributed by atoms with Gasteiger partial charge in [0.05, 0.1) is 0 Å². The zero-order chi connectivity index (χ0) is 13.0. The zero-order valence-corrected chi connectivity index (χ0v) is 10.7. The molecule has 2 nitrogen and oxygen atoms in total. The number of benzene rings is 1. The van der Waals surface area contributed by atoms with Crippen molar-refractivity contribution in [1.29, 1.82) is 0 Å². The molecule has 0 amide bonds. The SMILES string of the molecule is CCNCc1cncc(-c2ccc(C)c(F)c2)c1. The molecule has 1 aromatic carbocycles. The van der Waals surface area contributed by atoms with Gasteiger partial charge in [-0.1, -0.05) is 19.1 Å². The van der Waals surface area contributed by atoms with Crippen LogP contribution in [-0.4, -0.2) is 11.5 Å². The van der Waals surface area contributed by atoms with Gasteiger partial charge in [-0.2, -0.15) is 0 Å². The lowest BCUT2D eigenvalue weighted by Gasteiger charge is -2.06. The Morgan fingerprint density at radius 2 is 2.00 bits per heavy atom. The van der Waals surface area contributed by atoms with Gasteiger partial charge in [0.25, 0.3) is 0 Å². The van der Waals surface area contributed by atoms with E-state index in [0.717, 1.165) is 29.8 Å². The van der Waals surface area contributed by atoms with Crippen LogP contribution in [0.15, 0.2) is 36.7 Å². The number of halogens is 1. The molecule has 2 aromatic rings. The molecule has 0 bridgehead atoms. The number of hydrogen-bond donors (Lipinski definition) is 1. The first-order chi connectivity index (χ1) is 8.70. The fourth-order valence-electron chi connectivity index (χ4n) is 1.78. The van der Waals surface area contributed by atoms with Gasteiger partial charge in [-0.25, -0.2) is 4.39 Å². The smallest absolute Gasteiger partial charge is 0.126 e. The molecule has 0 aliphatic rings. The van der Waals surface area contributed by atoms with E-state index in [9.17, 15) is 4.39 Å². The summed E-state index contributed by atoms with van der Waals surface area (Å²) in [7, 11) is 0. The fraction of sp³-hybridized carbons (Fsp3) is 0.267. The number of aryl methyl sites for hydroxylation is 1. The predicted molar refractivity (Wildman–Crippen MR) is 71.7 cm³/mol. The van der Waals surface area contributed by atoms with Crippen molar-refractivity contribution in [1.82, 2.24) is 10.3 Å². The average molecular weight is 244 g/mol. The van der Waals surface area contributed by atoms with Gasteiger partial charge in [0.1, 0.15) is 5.82 Å². The molecule has 0 fully saturated rings. The third-order valence-electron chi connectivity index (χ3n) is 2.88. The Morgan fingerprint density at radius 3 is 2.72 bits per heavy atom. The van der Waals surface area contributed by atoms with Crippen molar-refractivity contribution < 1.29 is 4.39 Å². The third kappa shape index (κ3) is 2.93. The zero-order valence-electron chi connectivity index (χ0n) is 10.7. The summed E-state index contributed by atoms with van der Waals surface area (Å²) in [6, 6.07) is 7.32. The Kier molecular flexibility index (Phi) is 4.05. The van der Waals surface area contributed by atoms with Crippen molar-refractivity contribution in [2.75, 3.05) is 6.54 Å². The van der Waals surface area contributed by atoms with E-state index >= 15 is 0 Å². The van der Waals surface area contributed by atoms with Crippen LogP contribution in [0.5, 0.6) is 0 Å². The van der Waals surface area contributed by atoms with Crippen LogP contribution in [0.3, 0.4) is 0 Å². The van der Waals surface area contributed by atoms with E-state index in [1.165, 1.54) is 0 Å². The molecule has 1 N–H and O–H groups in total. The molecule has 3 heteroatoms. The van der Waals surface area contributed by atoms with Crippen LogP contribution in [0, 0.1) is 12.7 Å². The van der Waals surface area contributed by atoms with Crippen LogP contribution in [0.2, 0.25) is 0 Å². The molecule has 94 valence electrons. The summed E-state index contributed by atoms with van der Waals surface area (Å²) in [5.41, 5.74) is 3.58. The highest BCUT2D eigenvalue weighted by molar-refractivity contribution is 5.63. The number of nitrogens with one attached hydrogen (secondary N) is 1. The minimum absolute atomic E-state index is 0.176. The minimum Gasteiger partial charge on any atom is -0.313 e. The quantitative estimate of drug-likeness (QED) is 0.892. The molecule has 0 aliphatic carbocycles. The summed E-state index contributed by atoms with van der Waals surface area (Å²) in [4.78, 5) is 4.20. The molecule has 0 aliphatic heterocycles. The maximum atomic E-state index is 13.5. The highest BCUT2D eigenvalue weighted by Gasteiger charge is 2.03. The van der Waals surface area contributed by atoms with E-state index in [4.69, 9.17) is 0 Å². The molecule has 1 aromatic heterocycles. The van der Waals surface area contributed by atoms with Crippen molar-refractivity contribution in [2.24, 2.45) is 0 Å². The number of hydrogen-bond acceptors (Lipinski definition) is 2. The highest BCUT2D eigenvalue weighted by atomic mass is 19.1. The highest BCUT2D eigenvalue weighted by Crippen LogP contribution is 2.21. The van der Waals surface area contributed by atoms with Gasteiger partial charge in [-0.15, -0.1) is 0 Å². The Morgan fingerprint density at radius 1 is 1.17 bits per heavy atom. The van der Waals surface area contributed by atoms with Crippen LogP contribution >= 0.6 is 0 Å². The topological polar surface area (TPSA) is 24.9 Å². The molecule has 18 heavy (non-hydrogen) atoms. The summed E-state index contributed by atoms with van der Waals surface area (Å²) < 4.78 is 13.5. The van der Waals surface area contributed by atoms with E-state index in [0.29, 0.717) is 5.56 Å². The third-order valence-corrected chi connectivity index (χ3v) is 2.88. The Hall–Kier alpha value is -1.74. The molecule has 0 radical (unpaired) electrons. The van der Waals surface area contributed by atoms with Crippen molar-refractivity contribution >= 4 is 0 Å². The second-order valence-corrected chi connectivity index (χ2v) is 4.33. The fourth-order valence-corrected chi connectivity index (χ4v) is 1.78. The first-order valence-corrected chi connectivity index (χ1v) is 6.12. The molecule has 0 saturated heterocycles. The predicted octanol–water partition coefficient (Wildman–Crippen LogP) is 3.31. The maximum absolute atomic E-state index is 13.5. The van der Waals surface area contributed by atoms with E-state index in [2.05, 4.69) is 17.2 Å². The van der Waals surface area contributed by atoms with E-state index in [-0.39, 0.29) is 5.82 Å².